The highest BCUT2D eigenvalue weighted by molar-refractivity contribution is 9.10. The van der Waals surface area contributed by atoms with Gasteiger partial charge in [0.2, 0.25) is 0 Å². The third-order valence-electron chi connectivity index (χ3n) is 3.39. The van der Waals surface area contributed by atoms with Crippen molar-refractivity contribution in [3.8, 4) is 0 Å². The van der Waals surface area contributed by atoms with E-state index in [-0.39, 0.29) is 11.1 Å². The summed E-state index contributed by atoms with van der Waals surface area (Å²) in [4.78, 5) is 0. The van der Waals surface area contributed by atoms with Gasteiger partial charge in [0.15, 0.2) is 0 Å². The molecular formula is C16H18BrClFNO. The quantitative estimate of drug-likeness (QED) is 0.677. The zero-order valence-electron chi connectivity index (χ0n) is 12.1. The van der Waals surface area contributed by atoms with Crippen LogP contribution in [0.1, 0.15) is 43.2 Å². The number of halogens is 3. The van der Waals surface area contributed by atoms with Crippen molar-refractivity contribution in [3.05, 3.63) is 56.7 Å². The van der Waals surface area contributed by atoms with E-state index in [1.54, 1.807) is 18.4 Å². The van der Waals surface area contributed by atoms with E-state index in [1.807, 2.05) is 13.0 Å². The number of hydrogen-bond donors (Lipinski definition) is 1. The average Bonchev–Trinajstić information content (AvgIpc) is 2.95. The molecule has 21 heavy (non-hydrogen) atoms. The van der Waals surface area contributed by atoms with Crippen LogP contribution in [0.2, 0.25) is 5.02 Å². The van der Waals surface area contributed by atoms with Crippen LogP contribution >= 0.6 is 27.5 Å². The van der Waals surface area contributed by atoms with E-state index in [9.17, 15) is 4.39 Å². The Hall–Kier alpha value is -0.840. The Balaban J connectivity index is 2.48. The molecule has 0 aliphatic carbocycles. The van der Waals surface area contributed by atoms with Crippen LogP contribution in [0.4, 0.5) is 4.39 Å². The maximum atomic E-state index is 14.5. The molecule has 5 heteroatoms. The summed E-state index contributed by atoms with van der Waals surface area (Å²) in [5, 5.41) is 3.49. The standard InChI is InChI=1S/C16H18BrClFNO/c1-3-8-20-16(10-7-9-21-13(10)4-2)11-5-6-12(17)14(18)15(11)19/h5-7,9,16,20H,3-4,8H2,1-2H3. The van der Waals surface area contributed by atoms with E-state index in [1.165, 1.54) is 0 Å². The number of hydrogen-bond acceptors (Lipinski definition) is 2. The van der Waals surface area contributed by atoms with Gasteiger partial charge in [-0.3, -0.25) is 0 Å². The van der Waals surface area contributed by atoms with Crippen molar-refractivity contribution < 1.29 is 8.81 Å². The molecule has 1 aromatic carbocycles. The second kappa shape index (κ2) is 7.43. The Morgan fingerprint density at radius 2 is 2.05 bits per heavy atom. The third-order valence-corrected chi connectivity index (χ3v) is 4.65. The lowest BCUT2D eigenvalue weighted by atomic mass is 9.97. The average molecular weight is 375 g/mol. The fourth-order valence-electron chi connectivity index (χ4n) is 2.34. The SMILES string of the molecule is CCCNC(c1ccoc1CC)c1ccc(Br)c(Cl)c1F. The van der Waals surface area contributed by atoms with E-state index < -0.39 is 5.82 Å². The summed E-state index contributed by atoms with van der Waals surface area (Å²) >= 11 is 9.27. The predicted octanol–water partition coefficient (Wildman–Crippen LogP) is 5.49. The monoisotopic (exact) mass is 373 g/mol. The largest absolute Gasteiger partial charge is 0.469 e. The van der Waals surface area contributed by atoms with Crippen molar-refractivity contribution in [2.24, 2.45) is 0 Å². The molecule has 0 fully saturated rings. The number of benzene rings is 1. The smallest absolute Gasteiger partial charge is 0.148 e. The summed E-state index contributed by atoms with van der Waals surface area (Å²) in [5.41, 5.74) is 1.50. The van der Waals surface area contributed by atoms with Gasteiger partial charge in [-0.05, 0) is 41.0 Å². The van der Waals surface area contributed by atoms with E-state index in [2.05, 4.69) is 28.2 Å². The third kappa shape index (κ3) is 3.50. The van der Waals surface area contributed by atoms with Gasteiger partial charge in [0.1, 0.15) is 11.6 Å². The van der Waals surface area contributed by atoms with Crippen LogP contribution in [0.15, 0.2) is 33.4 Å². The highest BCUT2D eigenvalue weighted by Crippen LogP contribution is 2.34. The van der Waals surface area contributed by atoms with Gasteiger partial charge in [-0.2, -0.15) is 0 Å². The zero-order valence-corrected chi connectivity index (χ0v) is 14.4. The molecule has 2 aromatic rings. The summed E-state index contributed by atoms with van der Waals surface area (Å²) in [6.07, 6.45) is 3.37. The lowest BCUT2D eigenvalue weighted by molar-refractivity contribution is 0.494. The van der Waals surface area contributed by atoms with Crippen LogP contribution in [-0.2, 0) is 6.42 Å². The normalized spacial score (nSPS) is 12.6. The predicted molar refractivity (Wildman–Crippen MR) is 87.3 cm³/mol. The molecule has 0 aliphatic rings. The first-order valence-corrected chi connectivity index (χ1v) is 8.20. The van der Waals surface area contributed by atoms with Crippen molar-refractivity contribution in [1.82, 2.24) is 5.32 Å². The molecule has 1 N–H and O–H groups in total. The number of furan rings is 1. The van der Waals surface area contributed by atoms with Crippen LogP contribution in [0.25, 0.3) is 0 Å². The Kier molecular flexibility index (Phi) is 5.85. The van der Waals surface area contributed by atoms with Crippen LogP contribution in [0, 0.1) is 5.82 Å². The molecule has 2 nitrogen and oxygen atoms in total. The van der Waals surface area contributed by atoms with E-state index >= 15 is 0 Å². The highest BCUT2D eigenvalue weighted by atomic mass is 79.9. The molecule has 0 radical (unpaired) electrons. The fourth-order valence-corrected chi connectivity index (χ4v) is 2.81. The lowest BCUT2D eigenvalue weighted by Gasteiger charge is -2.20. The number of rotatable bonds is 6. The minimum absolute atomic E-state index is 0.109. The van der Waals surface area contributed by atoms with Gasteiger partial charge in [-0.1, -0.05) is 31.5 Å². The first-order chi connectivity index (χ1) is 10.1. The molecule has 0 aliphatic heterocycles. The molecule has 114 valence electrons. The Morgan fingerprint density at radius 1 is 1.29 bits per heavy atom. The lowest BCUT2D eigenvalue weighted by Crippen LogP contribution is -2.24. The topological polar surface area (TPSA) is 25.2 Å². The van der Waals surface area contributed by atoms with Gasteiger partial charge in [0.25, 0.3) is 0 Å². The minimum atomic E-state index is -0.400. The molecule has 0 saturated carbocycles. The molecule has 0 saturated heterocycles. The number of nitrogens with one attached hydrogen (secondary N) is 1. The van der Waals surface area contributed by atoms with Crippen molar-refractivity contribution in [2.45, 2.75) is 32.7 Å². The van der Waals surface area contributed by atoms with Crippen LogP contribution in [0.5, 0.6) is 0 Å². The molecule has 1 heterocycles. The van der Waals surface area contributed by atoms with Gasteiger partial charge in [0.05, 0.1) is 17.3 Å². The summed E-state index contributed by atoms with van der Waals surface area (Å²) in [7, 11) is 0. The Morgan fingerprint density at radius 3 is 2.71 bits per heavy atom. The van der Waals surface area contributed by atoms with Gasteiger partial charge < -0.3 is 9.73 Å². The van der Waals surface area contributed by atoms with Crippen molar-refractivity contribution in [3.63, 3.8) is 0 Å². The second-order valence-electron chi connectivity index (χ2n) is 4.80. The molecule has 1 aromatic heterocycles. The molecule has 1 unspecified atom stereocenters. The minimum Gasteiger partial charge on any atom is -0.469 e. The van der Waals surface area contributed by atoms with Crippen LogP contribution < -0.4 is 5.32 Å². The van der Waals surface area contributed by atoms with Gasteiger partial charge >= 0.3 is 0 Å². The van der Waals surface area contributed by atoms with E-state index in [0.29, 0.717) is 10.0 Å². The van der Waals surface area contributed by atoms with E-state index in [0.717, 1.165) is 30.7 Å². The van der Waals surface area contributed by atoms with Gasteiger partial charge in [-0.15, -0.1) is 0 Å². The molecular weight excluding hydrogens is 357 g/mol. The zero-order chi connectivity index (χ0) is 15.4. The molecule has 1 atom stereocenters. The fraction of sp³-hybridized carbons (Fsp3) is 0.375. The molecule has 2 rings (SSSR count). The van der Waals surface area contributed by atoms with Gasteiger partial charge in [-0.25, -0.2) is 4.39 Å². The van der Waals surface area contributed by atoms with Crippen molar-refractivity contribution >= 4 is 27.5 Å². The van der Waals surface area contributed by atoms with Crippen LogP contribution in [-0.4, -0.2) is 6.54 Å². The summed E-state index contributed by atoms with van der Waals surface area (Å²) in [6.45, 7) is 4.88. The van der Waals surface area contributed by atoms with Crippen molar-refractivity contribution in [1.29, 1.82) is 0 Å². The van der Waals surface area contributed by atoms with Gasteiger partial charge in [0, 0.05) is 22.0 Å². The maximum absolute atomic E-state index is 14.5. The number of aryl methyl sites for hydroxylation is 1. The summed E-state index contributed by atoms with van der Waals surface area (Å²) in [6, 6.07) is 5.16. The Bertz CT molecular complexity index is 614. The Labute approximate surface area is 137 Å². The molecule has 0 amide bonds. The van der Waals surface area contributed by atoms with Crippen LogP contribution in [0.3, 0.4) is 0 Å². The maximum Gasteiger partial charge on any atom is 0.148 e. The summed E-state index contributed by atoms with van der Waals surface area (Å²) in [5.74, 6) is 0.463. The highest BCUT2D eigenvalue weighted by Gasteiger charge is 2.23. The van der Waals surface area contributed by atoms with Crippen molar-refractivity contribution in [2.75, 3.05) is 6.54 Å². The first kappa shape index (κ1) is 16.5. The molecule has 0 bridgehead atoms. The van der Waals surface area contributed by atoms with E-state index in [4.69, 9.17) is 16.0 Å². The molecule has 0 spiro atoms. The first-order valence-electron chi connectivity index (χ1n) is 7.03. The summed E-state index contributed by atoms with van der Waals surface area (Å²) < 4.78 is 20.6. The second-order valence-corrected chi connectivity index (χ2v) is 6.04.